The number of quaternary nitrogens is 1. The quantitative estimate of drug-likeness (QED) is 0.0146. The van der Waals surface area contributed by atoms with Crippen LogP contribution in [0.15, 0.2) is 65.2 Å². The molecule has 14 heteroatoms. The van der Waals surface area contributed by atoms with Crippen LogP contribution in [0.5, 0.6) is 0 Å². The van der Waals surface area contributed by atoms with Gasteiger partial charge in [-0.05, 0) is 69.9 Å². The highest BCUT2D eigenvalue weighted by Crippen LogP contribution is 2.38. The third kappa shape index (κ3) is 29.3. The van der Waals surface area contributed by atoms with E-state index in [2.05, 4.69) is 20.8 Å². The molecule has 1 aromatic rings. The van der Waals surface area contributed by atoms with Crippen molar-refractivity contribution in [2.75, 3.05) is 47.5 Å². The number of furan rings is 1. The van der Waals surface area contributed by atoms with Crippen LogP contribution in [0.25, 0.3) is 0 Å². The van der Waals surface area contributed by atoms with E-state index in [1.54, 1.807) is 42.5 Å². The summed E-state index contributed by atoms with van der Waals surface area (Å²) < 4.78 is 39.9. The van der Waals surface area contributed by atoms with Crippen molar-refractivity contribution >= 4 is 19.8 Å². The van der Waals surface area contributed by atoms with Gasteiger partial charge in [0.15, 0.2) is 6.10 Å². The first-order valence-corrected chi connectivity index (χ1v) is 24.1. The summed E-state index contributed by atoms with van der Waals surface area (Å²) in [6.45, 7) is 7.82. The van der Waals surface area contributed by atoms with E-state index in [1.807, 2.05) is 40.2 Å². The lowest BCUT2D eigenvalue weighted by Gasteiger charge is -2.28. The lowest BCUT2D eigenvalue weighted by molar-refractivity contribution is -0.870. The third-order valence-corrected chi connectivity index (χ3v) is 11.1. The monoisotopic (exact) mass is 894 g/mol. The van der Waals surface area contributed by atoms with Crippen molar-refractivity contribution in [2.24, 2.45) is 0 Å². The van der Waals surface area contributed by atoms with Crippen LogP contribution in [0, 0.1) is 13.8 Å². The number of carbonyl (C=O) groups is 2. The Morgan fingerprint density at radius 1 is 0.742 bits per heavy atom. The summed E-state index contributed by atoms with van der Waals surface area (Å²) in [7, 11) is 0.910. The fraction of sp³-hybridized carbons (Fsp3) is 0.667. The zero-order valence-corrected chi connectivity index (χ0v) is 39.7. The van der Waals surface area contributed by atoms with Gasteiger partial charge >= 0.3 is 11.9 Å². The lowest BCUT2D eigenvalue weighted by Crippen LogP contribution is -2.37. The Bertz CT molecular complexity index is 1570. The van der Waals surface area contributed by atoms with Gasteiger partial charge in [-0.3, -0.25) is 14.2 Å². The van der Waals surface area contributed by atoms with Gasteiger partial charge in [-0.1, -0.05) is 113 Å². The standard InChI is InChI=1S/C48H80NO12P/c1-8-10-20-27-41(50)28-22-16-12-13-17-23-29-43(51)44(52)30-26-34-48(54)60-42(38-59-62(55,56)58-36-35-49(5,6)7)37-57-47(53)33-25-19-15-14-18-24-32-46-40(4)39(3)45(61-46)31-21-11-9-2/h10,12-13,16-17,20,22-23,28-29,41-44,50-52H,8-9,11,14-15,18-19,21,24-27,30-38H2,1-7H3/b16-12+,17-13-,20-10-,28-22+,29-23-/t41-,42+,43+,44+/m0/s1. The number of hydrogen-bond donors (Lipinski definition) is 3. The molecule has 0 aromatic carbocycles. The summed E-state index contributed by atoms with van der Waals surface area (Å²) in [6, 6.07) is 0. The molecular formula is C48H80NO12P. The Balaban J connectivity index is 2.53. The molecule has 0 saturated heterocycles. The van der Waals surface area contributed by atoms with E-state index in [-0.39, 0.29) is 32.3 Å². The fourth-order valence-corrected chi connectivity index (χ4v) is 6.84. The molecule has 0 saturated carbocycles. The van der Waals surface area contributed by atoms with E-state index in [1.165, 1.54) is 30.0 Å². The van der Waals surface area contributed by atoms with Crippen LogP contribution in [-0.4, -0.2) is 104 Å². The van der Waals surface area contributed by atoms with Crippen LogP contribution in [0.1, 0.15) is 133 Å². The van der Waals surface area contributed by atoms with Crippen LogP contribution in [0.3, 0.4) is 0 Å². The van der Waals surface area contributed by atoms with Crippen LogP contribution >= 0.6 is 7.82 Å². The molecule has 0 amide bonds. The minimum absolute atomic E-state index is 0.0835. The highest BCUT2D eigenvalue weighted by Gasteiger charge is 2.22. The van der Waals surface area contributed by atoms with Crippen LogP contribution in [-0.2, 0) is 45.5 Å². The molecule has 5 atom stereocenters. The van der Waals surface area contributed by atoms with Gasteiger partial charge < -0.3 is 47.6 Å². The number of aliphatic hydroxyl groups excluding tert-OH is 3. The Morgan fingerprint density at radius 3 is 1.95 bits per heavy atom. The summed E-state index contributed by atoms with van der Waals surface area (Å²) in [5, 5.41) is 30.6. The van der Waals surface area contributed by atoms with Crippen LogP contribution in [0.4, 0.5) is 0 Å². The van der Waals surface area contributed by atoms with Crippen LogP contribution in [0.2, 0.25) is 0 Å². The summed E-state index contributed by atoms with van der Waals surface area (Å²) >= 11 is 0. The van der Waals surface area contributed by atoms with Crippen molar-refractivity contribution < 1.29 is 61.8 Å². The minimum Gasteiger partial charge on any atom is -0.756 e. The van der Waals surface area contributed by atoms with E-state index >= 15 is 0 Å². The molecule has 354 valence electrons. The number of allylic oxidation sites excluding steroid dienone is 7. The third-order valence-electron chi connectivity index (χ3n) is 10.1. The number of rotatable bonds is 36. The number of aliphatic hydroxyl groups is 3. The topological polar surface area (TPSA) is 185 Å². The normalized spacial score (nSPS) is 15.6. The molecular weight excluding hydrogens is 813 g/mol. The van der Waals surface area contributed by atoms with Gasteiger partial charge in [-0.15, -0.1) is 0 Å². The average Bonchev–Trinajstić information content (AvgIpc) is 3.48. The van der Waals surface area contributed by atoms with Crippen molar-refractivity contribution in [3.8, 4) is 0 Å². The molecule has 0 bridgehead atoms. The maximum absolute atomic E-state index is 12.8. The fourth-order valence-electron chi connectivity index (χ4n) is 6.11. The van der Waals surface area contributed by atoms with E-state index in [0.29, 0.717) is 23.9 Å². The van der Waals surface area contributed by atoms with Crippen molar-refractivity contribution in [2.45, 2.75) is 161 Å². The van der Waals surface area contributed by atoms with Gasteiger partial charge in [0.2, 0.25) is 0 Å². The number of unbranched alkanes of at least 4 members (excludes halogenated alkanes) is 7. The number of phosphoric ester groups is 1. The van der Waals surface area contributed by atoms with Gasteiger partial charge in [-0.25, -0.2) is 0 Å². The Labute approximate surface area is 372 Å². The number of likely N-dealkylation sites (N-methyl/N-ethyl adjacent to an activating group) is 1. The van der Waals surface area contributed by atoms with Crippen molar-refractivity contribution in [1.82, 2.24) is 0 Å². The first kappa shape index (κ1) is 56.9. The van der Waals surface area contributed by atoms with E-state index in [4.69, 9.17) is 22.9 Å². The number of esters is 2. The van der Waals surface area contributed by atoms with Gasteiger partial charge in [0.05, 0.1) is 46.1 Å². The Kier molecular flexibility index (Phi) is 30.6. The predicted octanol–water partition coefficient (Wildman–Crippen LogP) is 8.40. The molecule has 0 spiro atoms. The highest BCUT2D eigenvalue weighted by atomic mass is 31.2. The SMILES string of the molecule is CC/C=C\C[C@H](O)/C=C/C=C/C=C\C=C/[C@@H](O)[C@H](O)CCCC(=O)O[C@H](COC(=O)CCCCCCCCc1oc(CCCCC)c(C)c1C)COP(=O)([O-])OCC[N+](C)(C)C. The summed E-state index contributed by atoms with van der Waals surface area (Å²) in [5.41, 5.74) is 2.56. The predicted molar refractivity (Wildman–Crippen MR) is 243 cm³/mol. The van der Waals surface area contributed by atoms with Gasteiger partial charge in [0, 0.05) is 25.7 Å². The summed E-state index contributed by atoms with van der Waals surface area (Å²) in [6.07, 6.45) is 26.1. The lowest BCUT2D eigenvalue weighted by atomic mass is 10.0. The molecule has 13 nitrogen and oxygen atoms in total. The number of carbonyl (C=O) groups excluding carboxylic acids is 2. The molecule has 1 unspecified atom stereocenters. The highest BCUT2D eigenvalue weighted by molar-refractivity contribution is 7.45. The molecule has 1 heterocycles. The second-order valence-electron chi connectivity index (χ2n) is 16.8. The molecule has 0 aliphatic carbocycles. The molecule has 0 fully saturated rings. The summed E-state index contributed by atoms with van der Waals surface area (Å²) in [5.74, 6) is 1.02. The van der Waals surface area contributed by atoms with Gasteiger partial charge in [0.1, 0.15) is 31.3 Å². The largest absolute Gasteiger partial charge is 0.756 e. The van der Waals surface area contributed by atoms with Crippen molar-refractivity contribution in [3.63, 3.8) is 0 Å². The second-order valence-corrected chi connectivity index (χ2v) is 18.2. The maximum Gasteiger partial charge on any atom is 0.306 e. The Morgan fingerprint density at radius 2 is 1.32 bits per heavy atom. The number of ether oxygens (including phenoxy) is 2. The minimum atomic E-state index is -4.74. The molecule has 0 aliphatic rings. The molecule has 0 aliphatic heterocycles. The first-order chi connectivity index (χ1) is 29.5. The number of hydrogen-bond acceptors (Lipinski definition) is 12. The average molecular weight is 894 g/mol. The Hall–Kier alpha value is -3.13. The van der Waals surface area contributed by atoms with E-state index in [9.17, 15) is 34.4 Å². The zero-order valence-electron chi connectivity index (χ0n) is 38.8. The number of phosphoric acid groups is 1. The van der Waals surface area contributed by atoms with Crippen molar-refractivity contribution in [1.29, 1.82) is 0 Å². The first-order valence-electron chi connectivity index (χ1n) is 22.7. The van der Waals surface area contributed by atoms with Crippen LogP contribution < -0.4 is 4.89 Å². The molecule has 1 aromatic heterocycles. The number of nitrogens with zero attached hydrogens (tertiary/aromatic N) is 1. The molecule has 0 radical (unpaired) electrons. The van der Waals surface area contributed by atoms with Crippen molar-refractivity contribution in [3.05, 3.63) is 83.4 Å². The van der Waals surface area contributed by atoms with Gasteiger partial charge in [-0.2, -0.15) is 0 Å². The van der Waals surface area contributed by atoms with E-state index in [0.717, 1.165) is 69.3 Å². The number of aryl methyl sites for hydroxylation is 2. The smallest absolute Gasteiger partial charge is 0.306 e. The zero-order chi connectivity index (χ0) is 46.2. The second kappa shape index (κ2) is 33.4. The van der Waals surface area contributed by atoms with Gasteiger partial charge in [0.25, 0.3) is 7.82 Å². The maximum atomic E-state index is 12.8. The summed E-state index contributed by atoms with van der Waals surface area (Å²) in [4.78, 5) is 37.8. The van der Waals surface area contributed by atoms with E-state index < -0.39 is 57.4 Å². The molecule has 3 N–H and O–H groups in total. The molecule has 62 heavy (non-hydrogen) atoms. The molecule has 1 rings (SSSR count).